The molecule has 0 spiro atoms. The molecule has 2 amide bonds. The average Bonchev–Trinajstić information content (AvgIpc) is 3.06. The molecule has 0 saturated heterocycles. The van der Waals surface area contributed by atoms with E-state index >= 15 is 0 Å². The summed E-state index contributed by atoms with van der Waals surface area (Å²) in [7, 11) is 0. The van der Waals surface area contributed by atoms with E-state index in [9.17, 15) is 9.59 Å². The summed E-state index contributed by atoms with van der Waals surface area (Å²) in [4.78, 5) is 27.6. The van der Waals surface area contributed by atoms with Gasteiger partial charge >= 0.3 is 0 Å². The maximum atomic E-state index is 12.5. The van der Waals surface area contributed by atoms with Gasteiger partial charge in [-0.1, -0.05) is 18.2 Å². The van der Waals surface area contributed by atoms with Crippen LogP contribution in [0.25, 0.3) is 10.9 Å². The van der Waals surface area contributed by atoms with Crippen LogP contribution < -0.4 is 16.4 Å². The largest absolute Gasteiger partial charge is 0.361 e. The van der Waals surface area contributed by atoms with Gasteiger partial charge in [-0.2, -0.15) is 0 Å². The Balaban J connectivity index is 0.00000280. The molecule has 148 valence electrons. The van der Waals surface area contributed by atoms with E-state index in [-0.39, 0.29) is 24.2 Å². The van der Waals surface area contributed by atoms with Crippen LogP contribution in [0.1, 0.15) is 28.4 Å². The third-order valence-electron chi connectivity index (χ3n) is 4.54. The van der Waals surface area contributed by atoms with Gasteiger partial charge in [-0.05, 0) is 55.7 Å². The van der Waals surface area contributed by atoms with Crippen molar-refractivity contribution in [3.05, 3.63) is 65.4 Å². The van der Waals surface area contributed by atoms with E-state index in [0.29, 0.717) is 24.2 Å². The quantitative estimate of drug-likeness (QED) is 0.511. The molecule has 3 aromatic rings. The molecule has 5 N–H and O–H groups in total. The van der Waals surface area contributed by atoms with Crippen LogP contribution in [0.4, 0.5) is 5.69 Å². The fourth-order valence-corrected chi connectivity index (χ4v) is 3.06. The Morgan fingerprint density at radius 3 is 2.64 bits per heavy atom. The molecular formula is C21H25ClN4O2. The number of aromatic nitrogens is 1. The van der Waals surface area contributed by atoms with Crippen LogP contribution in [0.5, 0.6) is 0 Å². The van der Waals surface area contributed by atoms with Crippen LogP contribution in [-0.4, -0.2) is 29.4 Å². The maximum absolute atomic E-state index is 12.5. The number of aromatic amines is 1. The highest BCUT2D eigenvalue weighted by Gasteiger charge is 2.17. The number of rotatable bonds is 6. The van der Waals surface area contributed by atoms with E-state index < -0.39 is 6.04 Å². The Hall–Kier alpha value is -2.83. The predicted molar refractivity (Wildman–Crippen MR) is 115 cm³/mol. The van der Waals surface area contributed by atoms with Crippen LogP contribution in [0, 0.1) is 6.92 Å². The number of carbonyl (C=O) groups excluding carboxylic acids is 2. The fourth-order valence-electron chi connectivity index (χ4n) is 3.06. The highest BCUT2D eigenvalue weighted by atomic mass is 35.5. The Bertz CT molecular complexity index is 983. The molecule has 3 rings (SSSR count). The number of aryl methyl sites for hydroxylation is 1. The number of halogens is 1. The van der Waals surface area contributed by atoms with Crippen LogP contribution in [0.2, 0.25) is 0 Å². The van der Waals surface area contributed by atoms with Crippen molar-refractivity contribution >= 4 is 40.8 Å². The first-order chi connectivity index (χ1) is 13.0. The summed E-state index contributed by atoms with van der Waals surface area (Å²) in [6, 6.07) is 12.4. The van der Waals surface area contributed by atoms with Crippen LogP contribution in [0.3, 0.4) is 0 Å². The van der Waals surface area contributed by atoms with Crippen molar-refractivity contribution in [1.82, 2.24) is 10.3 Å². The minimum atomic E-state index is -0.674. The van der Waals surface area contributed by atoms with Gasteiger partial charge in [0.25, 0.3) is 5.91 Å². The van der Waals surface area contributed by atoms with Crippen molar-refractivity contribution in [3.8, 4) is 0 Å². The number of nitrogens with one attached hydrogen (secondary N) is 3. The standard InChI is InChI=1S/C21H24N4O2.ClH/c1-3-23-20(26)14-8-9-18(13(2)10-14)25-21(27)17(22)11-15-12-24-19-7-5-4-6-16(15)19;/h4-10,12,17,24H,3,11,22H2,1-2H3,(H,23,26)(H,25,27);1H/t17-;/m1./s1. The van der Waals surface area contributed by atoms with Crippen LogP contribution in [0.15, 0.2) is 48.7 Å². The zero-order valence-electron chi connectivity index (χ0n) is 15.9. The van der Waals surface area contributed by atoms with Gasteiger partial charge in [-0.3, -0.25) is 9.59 Å². The van der Waals surface area contributed by atoms with Crippen LogP contribution in [-0.2, 0) is 11.2 Å². The minimum Gasteiger partial charge on any atom is -0.361 e. The van der Waals surface area contributed by atoms with Gasteiger partial charge in [0.1, 0.15) is 0 Å². The number of hydrogen-bond acceptors (Lipinski definition) is 3. The molecule has 0 bridgehead atoms. The summed E-state index contributed by atoms with van der Waals surface area (Å²) >= 11 is 0. The van der Waals surface area contributed by atoms with E-state index in [2.05, 4.69) is 15.6 Å². The molecule has 2 aromatic carbocycles. The minimum absolute atomic E-state index is 0. The molecule has 1 aromatic heterocycles. The summed E-state index contributed by atoms with van der Waals surface area (Å²) < 4.78 is 0. The van der Waals surface area contributed by atoms with Crippen molar-refractivity contribution < 1.29 is 9.59 Å². The molecule has 6 nitrogen and oxygen atoms in total. The Kier molecular flexibility index (Phi) is 7.20. The van der Waals surface area contributed by atoms with Gasteiger partial charge in [-0.25, -0.2) is 0 Å². The van der Waals surface area contributed by atoms with E-state index in [1.54, 1.807) is 18.2 Å². The average molecular weight is 401 g/mol. The van der Waals surface area contributed by atoms with E-state index in [4.69, 9.17) is 5.73 Å². The molecule has 0 aliphatic carbocycles. The summed E-state index contributed by atoms with van der Waals surface area (Å²) in [5.41, 5.74) is 10.2. The first-order valence-corrected chi connectivity index (χ1v) is 9.00. The van der Waals surface area contributed by atoms with Gasteiger partial charge < -0.3 is 21.4 Å². The summed E-state index contributed by atoms with van der Waals surface area (Å²) in [6.07, 6.45) is 2.33. The number of nitrogens with two attached hydrogens (primary N) is 1. The molecule has 0 aliphatic rings. The van der Waals surface area contributed by atoms with Crippen molar-refractivity contribution in [3.63, 3.8) is 0 Å². The number of fused-ring (bicyclic) bond motifs is 1. The number of para-hydroxylation sites is 1. The number of carbonyl (C=O) groups is 2. The summed E-state index contributed by atoms with van der Waals surface area (Å²) in [5, 5.41) is 6.69. The first-order valence-electron chi connectivity index (χ1n) is 9.00. The molecule has 0 radical (unpaired) electrons. The highest BCUT2D eigenvalue weighted by molar-refractivity contribution is 5.98. The second kappa shape index (κ2) is 9.39. The zero-order valence-corrected chi connectivity index (χ0v) is 16.7. The molecule has 1 heterocycles. The topological polar surface area (TPSA) is 100 Å². The number of anilines is 1. The Morgan fingerprint density at radius 2 is 1.93 bits per heavy atom. The first kappa shape index (κ1) is 21.5. The van der Waals surface area contributed by atoms with Crippen molar-refractivity contribution in [1.29, 1.82) is 0 Å². The van der Waals surface area contributed by atoms with E-state index in [1.807, 2.05) is 44.3 Å². The Labute approximate surface area is 170 Å². The number of amides is 2. The summed E-state index contributed by atoms with van der Waals surface area (Å²) in [5.74, 6) is -0.386. The molecule has 0 fully saturated rings. The predicted octanol–water partition coefficient (Wildman–Crippen LogP) is 3.16. The molecule has 0 aliphatic heterocycles. The lowest BCUT2D eigenvalue weighted by Gasteiger charge is -2.14. The molecule has 0 unspecified atom stereocenters. The lowest BCUT2D eigenvalue weighted by atomic mass is 10.0. The van der Waals surface area contributed by atoms with E-state index in [0.717, 1.165) is 22.0 Å². The second-order valence-electron chi connectivity index (χ2n) is 6.55. The number of H-pyrrole nitrogens is 1. The fraction of sp³-hybridized carbons (Fsp3) is 0.238. The summed E-state index contributed by atoms with van der Waals surface area (Å²) in [6.45, 7) is 4.29. The highest BCUT2D eigenvalue weighted by Crippen LogP contribution is 2.20. The molecular weight excluding hydrogens is 376 g/mol. The van der Waals surface area contributed by atoms with E-state index in [1.165, 1.54) is 0 Å². The number of hydrogen-bond donors (Lipinski definition) is 4. The van der Waals surface area contributed by atoms with Gasteiger partial charge in [0.05, 0.1) is 6.04 Å². The maximum Gasteiger partial charge on any atom is 0.251 e. The third-order valence-corrected chi connectivity index (χ3v) is 4.54. The van der Waals surface area contributed by atoms with Crippen molar-refractivity contribution in [2.24, 2.45) is 5.73 Å². The van der Waals surface area contributed by atoms with Crippen LogP contribution >= 0.6 is 12.4 Å². The van der Waals surface area contributed by atoms with Gasteiger partial charge in [-0.15, -0.1) is 12.4 Å². The second-order valence-corrected chi connectivity index (χ2v) is 6.55. The SMILES string of the molecule is CCNC(=O)c1ccc(NC(=O)[C@H](N)Cc2c[nH]c3ccccc23)c(C)c1.Cl. The third kappa shape index (κ3) is 4.71. The van der Waals surface area contributed by atoms with Gasteiger partial charge in [0.2, 0.25) is 5.91 Å². The van der Waals surface area contributed by atoms with Gasteiger partial charge in [0, 0.05) is 34.9 Å². The molecule has 7 heteroatoms. The lowest BCUT2D eigenvalue weighted by Crippen LogP contribution is -2.37. The van der Waals surface area contributed by atoms with Gasteiger partial charge in [0.15, 0.2) is 0 Å². The van der Waals surface area contributed by atoms with Crippen molar-refractivity contribution in [2.45, 2.75) is 26.3 Å². The molecule has 0 saturated carbocycles. The molecule has 1 atom stereocenters. The number of benzene rings is 2. The van der Waals surface area contributed by atoms with Crippen molar-refractivity contribution in [2.75, 3.05) is 11.9 Å². The molecule has 28 heavy (non-hydrogen) atoms. The monoisotopic (exact) mass is 400 g/mol. The Morgan fingerprint density at radius 1 is 1.18 bits per heavy atom. The lowest BCUT2D eigenvalue weighted by molar-refractivity contribution is -0.117. The normalized spacial score (nSPS) is 11.5. The smallest absolute Gasteiger partial charge is 0.251 e. The zero-order chi connectivity index (χ0) is 19.4.